The fourth-order valence-electron chi connectivity index (χ4n) is 2.68. The van der Waals surface area contributed by atoms with E-state index in [1.54, 1.807) is 17.8 Å². The van der Waals surface area contributed by atoms with E-state index in [1.165, 1.54) is 10.1 Å². The van der Waals surface area contributed by atoms with Gasteiger partial charge in [-0.05, 0) is 18.4 Å². The largest absolute Gasteiger partial charge is 0.329 e. The lowest BCUT2D eigenvalue weighted by atomic mass is 10.2. The molecule has 8 nitrogen and oxygen atoms in total. The topological polar surface area (TPSA) is 97.1 Å². The van der Waals surface area contributed by atoms with E-state index in [9.17, 15) is 9.59 Å². The van der Waals surface area contributed by atoms with Crippen molar-refractivity contribution in [3.8, 4) is 0 Å². The van der Waals surface area contributed by atoms with Crippen LogP contribution in [0.3, 0.4) is 0 Å². The number of aromatic amines is 1. The summed E-state index contributed by atoms with van der Waals surface area (Å²) < 4.78 is 3.08. The first-order chi connectivity index (χ1) is 12.4. The predicted octanol–water partition coefficient (Wildman–Crippen LogP) is 1.83. The Hall–Kier alpha value is -3.16. The van der Waals surface area contributed by atoms with Crippen LogP contribution in [0.1, 0.15) is 25.0 Å². The minimum Gasteiger partial charge on any atom is -0.303 e. The van der Waals surface area contributed by atoms with Crippen molar-refractivity contribution in [3.63, 3.8) is 0 Å². The van der Waals surface area contributed by atoms with Gasteiger partial charge in [0.2, 0.25) is 5.95 Å². The molecule has 0 aliphatic rings. The van der Waals surface area contributed by atoms with Crippen molar-refractivity contribution in [2.45, 2.75) is 27.3 Å². The zero-order valence-electron chi connectivity index (χ0n) is 15.3. The fraction of sp³-hybridized carbons (Fsp3) is 0.333. The SMILES string of the molecule is Cc1ccc(/C=N\Nc2nc3c(c(=O)[nH]c(=O)n3C)n2CC(C)C)cc1. The van der Waals surface area contributed by atoms with E-state index in [0.717, 1.165) is 5.56 Å². The summed E-state index contributed by atoms with van der Waals surface area (Å²) in [5.41, 5.74) is 4.75. The lowest BCUT2D eigenvalue weighted by Gasteiger charge is -2.10. The number of hydrogen-bond acceptors (Lipinski definition) is 5. The average Bonchev–Trinajstić information content (AvgIpc) is 2.93. The monoisotopic (exact) mass is 354 g/mol. The maximum atomic E-state index is 12.3. The van der Waals surface area contributed by atoms with Gasteiger partial charge in [-0.15, -0.1) is 0 Å². The highest BCUT2D eigenvalue weighted by Crippen LogP contribution is 2.17. The Morgan fingerprint density at radius 2 is 1.96 bits per heavy atom. The molecule has 26 heavy (non-hydrogen) atoms. The van der Waals surface area contributed by atoms with Gasteiger partial charge in [-0.3, -0.25) is 14.3 Å². The number of nitrogens with zero attached hydrogens (tertiary/aromatic N) is 4. The van der Waals surface area contributed by atoms with E-state index in [2.05, 4.69) is 20.5 Å². The molecule has 2 heterocycles. The highest BCUT2D eigenvalue weighted by Gasteiger charge is 2.17. The average molecular weight is 354 g/mol. The second-order valence-corrected chi connectivity index (χ2v) is 6.71. The third kappa shape index (κ3) is 3.44. The van der Waals surface area contributed by atoms with Gasteiger partial charge in [0.05, 0.1) is 6.21 Å². The van der Waals surface area contributed by atoms with Gasteiger partial charge in [0, 0.05) is 13.6 Å². The smallest absolute Gasteiger partial charge is 0.303 e. The van der Waals surface area contributed by atoms with Crippen LogP contribution in [0.2, 0.25) is 0 Å². The molecule has 3 aromatic rings. The molecule has 0 atom stereocenters. The van der Waals surface area contributed by atoms with Gasteiger partial charge in [0.25, 0.3) is 5.56 Å². The van der Waals surface area contributed by atoms with E-state index in [4.69, 9.17) is 0 Å². The summed E-state index contributed by atoms with van der Waals surface area (Å²) in [6, 6.07) is 7.94. The highest BCUT2D eigenvalue weighted by atomic mass is 16.2. The summed E-state index contributed by atoms with van der Waals surface area (Å²) in [6.07, 6.45) is 1.68. The lowest BCUT2D eigenvalue weighted by molar-refractivity contribution is 0.535. The highest BCUT2D eigenvalue weighted by molar-refractivity contribution is 5.80. The molecule has 0 spiro atoms. The Balaban J connectivity index is 2.02. The van der Waals surface area contributed by atoms with Crippen LogP contribution in [0.15, 0.2) is 39.0 Å². The molecule has 1 aromatic carbocycles. The van der Waals surface area contributed by atoms with Gasteiger partial charge in [0.15, 0.2) is 11.2 Å². The summed E-state index contributed by atoms with van der Waals surface area (Å²) in [6.45, 7) is 6.68. The van der Waals surface area contributed by atoms with E-state index in [1.807, 2.05) is 45.0 Å². The zero-order valence-corrected chi connectivity index (χ0v) is 15.3. The Kier molecular flexibility index (Phi) is 4.75. The van der Waals surface area contributed by atoms with E-state index in [0.29, 0.717) is 23.7 Å². The molecule has 0 aliphatic carbocycles. The molecule has 8 heteroatoms. The van der Waals surface area contributed by atoms with Gasteiger partial charge in [-0.2, -0.15) is 10.1 Å². The molecule has 2 aromatic heterocycles. The van der Waals surface area contributed by atoms with Crippen LogP contribution in [0.25, 0.3) is 11.2 Å². The number of imidazole rings is 1. The number of aromatic nitrogens is 4. The summed E-state index contributed by atoms with van der Waals surface area (Å²) in [7, 11) is 1.58. The maximum Gasteiger partial charge on any atom is 0.329 e. The molecule has 0 fully saturated rings. The molecule has 2 N–H and O–H groups in total. The first-order valence-electron chi connectivity index (χ1n) is 8.42. The van der Waals surface area contributed by atoms with Crippen molar-refractivity contribution in [3.05, 3.63) is 56.2 Å². The molecule has 0 unspecified atom stereocenters. The summed E-state index contributed by atoms with van der Waals surface area (Å²) in [5, 5.41) is 4.23. The van der Waals surface area contributed by atoms with E-state index in [-0.39, 0.29) is 5.92 Å². The third-order valence-corrected chi connectivity index (χ3v) is 4.01. The minimum atomic E-state index is -0.494. The van der Waals surface area contributed by atoms with Crippen LogP contribution >= 0.6 is 0 Å². The Morgan fingerprint density at radius 3 is 2.62 bits per heavy atom. The molecular weight excluding hydrogens is 332 g/mol. The molecule has 0 aliphatic heterocycles. The number of aryl methyl sites for hydroxylation is 2. The van der Waals surface area contributed by atoms with Crippen molar-refractivity contribution >= 4 is 23.3 Å². The zero-order chi connectivity index (χ0) is 18.8. The normalized spacial score (nSPS) is 11.7. The van der Waals surface area contributed by atoms with Crippen molar-refractivity contribution in [1.82, 2.24) is 19.1 Å². The second kappa shape index (κ2) is 6.99. The van der Waals surface area contributed by atoms with Crippen LogP contribution < -0.4 is 16.7 Å². The summed E-state index contributed by atoms with van der Waals surface area (Å²) >= 11 is 0. The van der Waals surface area contributed by atoms with Crippen molar-refractivity contribution < 1.29 is 0 Å². The maximum absolute atomic E-state index is 12.3. The Labute approximate surface area is 150 Å². The molecule has 3 rings (SSSR count). The molecule has 0 amide bonds. The molecular formula is C18H22N6O2. The quantitative estimate of drug-likeness (QED) is 0.540. The number of nitrogens with one attached hydrogen (secondary N) is 2. The molecule has 0 radical (unpaired) electrons. The second-order valence-electron chi connectivity index (χ2n) is 6.71. The molecule has 0 saturated carbocycles. The van der Waals surface area contributed by atoms with Crippen molar-refractivity contribution in [1.29, 1.82) is 0 Å². The number of fused-ring (bicyclic) bond motifs is 1. The molecule has 0 saturated heterocycles. The minimum absolute atomic E-state index is 0.283. The third-order valence-electron chi connectivity index (χ3n) is 4.01. The first-order valence-corrected chi connectivity index (χ1v) is 8.42. The first kappa shape index (κ1) is 17.7. The standard InChI is InChI=1S/C18H22N6O2/c1-11(2)10-24-14-15(23(4)18(26)21-16(14)25)20-17(24)22-19-9-13-7-5-12(3)6-8-13/h5-9,11H,10H2,1-4H3,(H,20,22)(H,21,25,26)/b19-9-. The van der Waals surface area contributed by atoms with Crippen LogP contribution in [-0.2, 0) is 13.6 Å². The number of benzene rings is 1. The number of hydrogen-bond donors (Lipinski definition) is 2. The number of anilines is 1. The van der Waals surface area contributed by atoms with Gasteiger partial charge >= 0.3 is 5.69 Å². The Bertz CT molecular complexity index is 1070. The van der Waals surface area contributed by atoms with Gasteiger partial charge in [-0.1, -0.05) is 43.7 Å². The summed E-state index contributed by atoms with van der Waals surface area (Å²) in [5.74, 6) is 0.703. The van der Waals surface area contributed by atoms with Crippen LogP contribution in [0.4, 0.5) is 5.95 Å². The van der Waals surface area contributed by atoms with Crippen LogP contribution in [0, 0.1) is 12.8 Å². The van der Waals surface area contributed by atoms with E-state index < -0.39 is 11.2 Å². The van der Waals surface area contributed by atoms with Crippen molar-refractivity contribution in [2.24, 2.45) is 18.1 Å². The molecule has 136 valence electrons. The predicted molar refractivity (Wildman–Crippen MR) is 103 cm³/mol. The van der Waals surface area contributed by atoms with Gasteiger partial charge in [0.1, 0.15) is 0 Å². The van der Waals surface area contributed by atoms with E-state index >= 15 is 0 Å². The molecule has 0 bridgehead atoms. The fourth-order valence-corrected chi connectivity index (χ4v) is 2.68. The van der Waals surface area contributed by atoms with Crippen molar-refractivity contribution in [2.75, 3.05) is 5.43 Å². The van der Waals surface area contributed by atoms with Gasteiger partial charge < -0.3 is 4.57 Å². The lowest BCUT2D eigenvalue weighted by Crippen LogP contribution is -2.29. The number of rotatable bonds is 5. The number of H-pyrrole nitrogens is 1. The number of hydrazone groups is 1. The summed E-state index contributed by atoms with van der Waals surface area (Å²) in [4.78, 5) is 30.9. The Morgan fingerprint density at radius 1 is 1.27 bits per heavy atom. The van der Waals surface area contributed by atoms with Gasteiger partial charge in [-0.25, -0.2) is 10.2 Å². The van der Waals surface area contributed by atoms with Crippen LogP contribution in [0.5, 0.6) is 0 Å². The van der Waals surface area contributed by atoms with Crippen LogP contribution in [-0.4, -0.2) is 25.3 Å².